The van der Waals surface area contributed by atoms with E-state index >= 15 is 0 Å². The summed E-state index contributed by atoms with van der Waals surface area (Å²) < 4.78 is 2.38. The van der Waals surface area contributed by atoms with E-state index in [1.165, 1.54) is 27.4 Å². The van der Waals surface area contributed by atoms with Crippen LogP contribution in [0.5, 0.6) is 0 Å². The zero-order chi connectivity index (χ0) is 22.1. The van der Waals surface area contributed by atoms with Gasteiger partial charge in [0.25, 0.3) is 5.69 Å². The quantitative estimate of drug-likeness (QED) is 0.319. The third-order valence-corrected chi connectivity index (χ3v) is 6.61. The molecule has 0 bridgehead atoms. The third kappa shape index (κ3) is 3.87. The zero-order valence-electron chi connectivity index (χ0n) is 18.4. The van der Waals surface area contributed by atoms with Gasteiger partial charge in [-0.1, -0.05) is 42.5 Å². The second kappa shape index (κ2) is 8.73. The molecule has 32 heavy (non-hydrogen) atoms. The van der Waals surface area contributed by atoms with Crippen LogP contribution in [-0.4, -0.2) is 45.5 Å². The van der Waals surface area contributed by atoms with Crippen molar-refractivity contribution < 1.29 is 4.92 Å². The van der Waals surface area contributed by atoms with Crippen molar-refractivity contribution in [2.24, 2.45) is 0 Å². The number of nitro groups is 1. The third-order valence-electron chi connectivity index (χ3n) is 6.61. The number of rotatable bonds is 6. The van der Waals surface area contributed by atoms with E-state index in [0.717, 1.165) is 44.8 Å². The molecular formula is C26H28N4O2. The molecule has 0 saturated carbocycles. The molecule has 1 aliphatic rings. The fraction of sp³-hybridized carbons (Fsp3) is 0.308. The maximum absolute atomic E-state index is 11.3. The van der Waals surface area contributed by atoms with E-state index in [-0.39, 0.29) is 10.6 Å². The summed E-state index contributed by atoms with van der Waals surface area (Å²) in [7, 11) is 0. The fourth-order valence-corrected chi connectivity index (χ4v) is 4.97. The van der Waals surface area contributed by atoms with E-state index < -0.39 is 0 Å². The minimum atomic E-state index is -0.281. The summed E-state index contributed by atoms with van der Waals surface area (Å²) in [5.74, 6) is 0. The van der Waals surface area contributed by atoms with Gasteiger partial charge in [0.05, 0.1) is 4.92 Å². The number of aromatic nitrogens is 1. The Kier molecular flexibility index (Phi) is 5.64. The Labute approximate surface area is 187 Å². The number of hydrogen-bond acceptors (Lipinski definition) is 4. The number of piperazine rings is 1. The minimum Gasteiger partial charge on any atom is -0.341 e. The highest BCUT2D eigenvalue weighted by atomic mass is 16.6. The lowest BCUT2D eigenvalue weighted by Crippen LogP contribution is -2.45. The van der Waals surface area contributed by atoms with Crippen molar-refractivity contribution in [3.63, 3.8) is 0 Å². The van der Waals surface area contributed by atoms with Gasteiger partial charge in [0.1, 0.15) is 0 Å². The molecule has 1 aromatic heterocycles. The average molecular weight is 429 g/mol. The average Bonchev–Trinajstić information content (AvgIpc) is 3.13. The molecule has 5 rings (SSSR count). The number of aryl methyl sites for hydroxylation is 1. The Morgan fingerprint density at radius 3 is 2.22 bits per heavy atom. The predicted octanol–water partition coefficient (Wildman–Crippen LogP) is 5.04. The van der Waals surface area contributed by atoms with E-state index in [0.29, 0.717) is 6.54 Å². The Hall–Kier alpha value is -3.22. The monoisotopic (exact) mass is 428 g/mol. The Bertz CT molecular complexity index is 1270. The van der Waals surface area contributed by atoms with Crippen LogP contribution < -0.4 is 0 Å². The predicted molar refractivity (Wildman–Crippen MR) is 129 cm³/mol. The molecule has 0 N–H and O–H groups in total. The van der Waals surface area contributed by atoms with Gasteiger partial charge in [0.2, 0.25) is 0 Å². The van der Waals surface area contributed by atoms with Crippen LogP contribution in [0.15, 0.2) is 66.7 Å². The minimum absolute atomic E-state index is 0.217. The van der Waals surface area contributed by atoms with E-state index in [4.69, 9.17) is 0 Å². The van der Waals surface area contributed by atoms with Gasteiger partial charge in [-0.3, -0.25) is 19.9 Å². The SMILES string of the molecule is CCn1c2ccccc2c2cc(CN3CCN(Cc4ccccc4[N+](=O)[O-])CC3)ccc21. The Balaban J connectivity index is 1.27. The fourth-order valence-electron chi connectivity index (χ4n) is 4.97. The Morgan fingerprint density at radius 1 is 0.812 bits per heavy atom. The first-order valence-corrected chi connectivity index (χ1v) is 11.3. The molecule has 0 unspecified atom stereocenters. The van der Waals surface area contributed by atoms with Crippen molar-refractivity contribution in [2.75, 3.05) is 26.2 Å². The first-order valence-electron chi connectivity index (χ1n) is 11.3. The molecule has 0 atom stereocenters. The normalized spacial score (nSPS) is 15.5. The van der Waals surface area contributed by atoms with Gasteiger partial charge < -0.3 is 4.57 Å². The van der Waals surface area contributed by atoms with Crippen LogP contribution in [0.1, 0.15) is 18.1 Å². The van der Waals surface area contributed by atoms with Gasteiger partial charge in [0.15, 0.2) is 0 Å². The van der Waals surface area contributed by atoms with Crippen molar-refractivity contribution in [3.8, 4) is 0 Å². The molecule has 0 aliphatic carbocycles. The Morgan fingerprint density at radius 2 is 1.47 bits per heavy atom. The van der Waals surface area contributed by atoms with Crippen molar-refractivity contribution in [1.29, 1.82) is 0 Å². The number of para-hydroxylation sites is 2. The van der Waals surface area contributed by atoms with E-state index in [2.05, 4.69) is 63.8 Å². The molecule has 1 aliphatic heterocycles. The topological polar surface area (TPSA) is 54.5 Å². The van der Waals surface area contributed by atoms with Gasteiger partial charge in [-0.05, 0) is 30.7 Å². The molecular weight excluding hydrogens is 400 g/mol. The van der Waals surface area contributed by atoms with Gasteiger partial charge in [0, 0.05) is 79.2 Å². The summed E-state index contributed by atoms with van der Waals surface area (Å²) in [5.41, 5.74) is 4.94. The van der Waals surface area contributed by atoms with Crippen molar-refractivity contribution in [2.45, 2.75) is 26.6 Å². The highest BCUT2D eigenvalue weighted by Crippen LogP contribution is 2.30. The van der Waals surface area contributed by atoms with Crippen LogP contribution in [0.4, 0.5) is 5.69 Å². The van der Waals surface area contributed by atoms with Crippen LogP contribution in [0.25, 0.3) is 21.8 Å². The second-order valence-corrected chi connectivity index (χ2v) is 8.55. The molecule has 0 radical (unpaired) electrons. The molecule has 1 saturated heterocycles. The number of fused-ring (bicyclic) bond motifs is 3. The maximum atomic E-state index is 11.3. The molecule has 0 spiro atoms. The second-order valence-electron chi connectivity index (χ2n) is 8.55. The van der Waals surface area contributed by atoms with E-state index in [9.17, 15) is 10.1 Å². The van der Waals surface area contributed by atoms with Crippen LogP contribution in [-0.2, 0) is 19.6 Å². The molecule has 6 nitrogen and oxygen atoms in total. The molecule has 6 heteroatoms. The van der Waals surface area contributed by atoms with E-state index in [1.54, 1.807) is 12.1 Å². The summed E-state index contributed by atoms with van der Waals surface area (Å²) in [5, 5.41) is 13.9. The summed E-state index contributed by atoms with van der Waals surface area (Å²) in [6, 6.07) is 22.6. The summed E-state index contributed by atoms with van der Waals surface area (Å²) in [4.78, 5) is 15.8. The molecule has 4 aromatic rings. The molecule has 1 fully saturated rings. The number of nitro benzene ring substituents is 1. The summed E-state index contributed by atoms with van der Waals surface area (Å²) in [6.07, 6.45) is 0. The standard InChI is InChI=1S/C26H28N4O2/c1-2-29-25-10-6-4-8-22(25)23-17-20(11-12-26(23)29)18-27-13-15-28(16-14-27)19-21-7-3-5-9-24(21)30(31)32/h3-12,17H,2,13-16,18-19H2,1H3. The van der Waals surface area contributed by atoms with Crippen LogP contribution >= 0.6 is 0 Å². The van der Waals surface area contributed by atoms with Gasteiger partial charge in [-0.25, -0.2) is 0 Å². The molecule has 164 valence electrons. The zero-order valence-corrected chi connectivity index (χ0v) is 18.4. The first-order chi connectivity index (χ1) is 15.6. The van der Waals surface area contributed by atoms with Gasteiger partial charge in [-0.15, -0.1) is 0 Å². The summed E-state index contributed by atoms with van der Waals surface area (Å²) in [6.45, 7) is 8.50. The van der Waals surface area contributed by atoms with Crippen LogP contribution in [0.2, 0.25) is 0 Å². The lowest BCUT2D eigenvalue weighted by Gasteiger charge is -2.34. The lowest BCUT2D eigenvalue weighted by molar-refractivity contribution is -0.385. The van der Waals surface area contributed by atoms with Crippen LogP contribution in [0.3, 0.4) is 0 Å². The number of nitrogens with zero attached hydrogens (tertiary/aromatic N) is 4. The molecule has 0 amide bonds. The van der Waals surface area contributed by atoms with Crippen molar-refractivity contribution in [1.82, 2.24) is 14.4 Å². The van der Waals surface area contributed by atoms with Crippen LogP contribution in [0, 0.1) is 10.1 Å². The largest absolute Gasteiger partial charge is 0.341 e. The smallest absolute Gasteiger partial charge is 0.273 e. The number of hydrogen-bond donors (Lipinski definition) is 0. The van der Waals surface area contributed by atoms with Gasteiger partial charge in [-0.2, -0.15) is 0 Å². The van der Waals surface area contributed by atoms with Crippen molar-refractivity contribution in [3.05, 3.63) is 88.0 Å². The highest BCUT2D eigenvalue weighted by Gasteiger charge is 2.21. The first kappa shape index (κ1) is 20.7. The van der Waals surface area contributed by atoms with Crippen molar-refractivity contribution >= 4 is 27.5 Å². The maximum Gasteiger partial charge on any atom is 0.273 e. The lowest BCUT2D eigenvalue weighted by atomic mass is 10.1. The van der Waals surface area contributed by atoms with Gasteiger partial charge >= 0.3 is 0 Å². The van der Waals surface area contributed by atoms with E-state index in [1.807, 2.05) is 12.1 Å². The highest BCUT2D eigenvalue weighted by molar-refractivity contribution is 6.08. The summed E-state index contributed by atoms with van der Waals surface area (Å²) >= 11 is 0. The molecule has 2 heterocycles. The number of benzene rings is 3. The molecule has 3 aromatic carbocycles.